The molecule has 0 aliphatic rings. The number of nitrogen functional groups attached to an aromatic ring is 1. The van der Waals surface area contributed by atoms with Gasteiger partial charge in [0.05, 0.1) is 27.0 Å². The highest BCUT2D eigenvalue weighted by Crippen LogP contribution is 2.23. The van der Waals surface area contributed by atoms with Crippen LogP contribution in [0.25, 0.3) is 0 Å². The summed E-state index contributed by atoms with van der Waals surface area (Å²) >= 11 is 11.8. The summed E-state index contributed by atoms with van der Waals surface area (Å²) in [5, 5.41) is 3.32. The van der Waals surface area contributed by atoms with E-state index < -0.39 is 18.5 Å². The van der Waals surface area contributed by atoms with E-state index in [-0.39, 0.29) is 11.3 Å². The molecule has 0 heterocycles. The number of nitrogens with one attached hydrogen (secondary N) is 1. The molecule has 5 nitrogen and oxygen atoms in total. The number of halogens is 2. The van der Waals surface area contributed by atoms with Gasteiger partial charge in [-0.2, -0.15) is 0 Å². The first-order chi connectivity index (χ1) is 10.9. The zero-order valence-electron chi connectivity index (χ0n) is 12.2. The number of ether oxygens (including phenoxy) is 1. The lowest BCUT2D eigenvalue weighted by molar-refractivity contribution is -0.119. The first-order valence-electron chi connectivity index (χ1n) is 6.65. The Balaban J connectivity index is 1.93. The van der Waals surface area contributed by atoms with E-state index in [0.29, 0.717) is 15.7 Å². The van der Waals surface area contributed by atoms with Gasteiger partial charge in [0.15, 0.2) is 6.61 Å². The summed E-state index contributed by atoms with van der Waals surface area (Å²) in [6.07, 6.45) is 0. The van der Waals surface area contributed by atoms with Crippen molar-refractivity contribution in [3.05, 3.63) is 57.6 Å². The SMILES string of the molecule is Cc1ccc(NC(=O)COC(=O)c2ccc(Cl)c(N)c2)c(Cl)c1. The van der Waals surface area contributed by atoms with Gasteiger partial charge in [0.25, 0.3) is 5.91 Å². The smallest absolute Gasteiger partial charge is 0.338 e. The van der Waals surface area contributed by atoms with Crippen LogP contribution in [0.1, 0.15) is 15.9 Å². The number of hydrogen-bond acceptors (Lipinski definition) is 4. The molecule has 0 aliphatic heterocycles. The summed E-state index contributed by atoms with van der Waals surface area (Å²) in [6.45, 7) is 1.45. The highest BCUT2D eigenvalue weighted by molar-refractivity contribution is 6.34. The molecule has 0 unspecified atom stereocenters. The number of carbonyl (C=O) groups is 2. The van der Waals surface area contributed by atoms with Crippen LogP contribution in [0.3, 0.4) is 0 Å². The molecule has 0 saturated heterocycles. The first-order valence-corrected chi connectivity index (χ1v) is 7.40. The topological polar surface area (TPSA) is 81.4 Å². The number of hydrogen-bond donors (Lipinski definition) is 2. The van der Waals surface area contributed by atoms with Crippen LogP contribution in [0, 0.1) is 6.92 Å². The van der Waals surface area contributed by atoms with Gasteiger partial charge in [0, 0.05) is 0 Å². The van der Waals surface area contributed by atoms with Crippen LogP contribution in [0.4, 0.5) is 11.4 Å². The lowest BCUT2D eigenvalue weighted by Gasteiger charge is -2.09. The third-order valence-corrected chi connectivity index (χ3v) is 3.62. The number of carbonyl (C=O) groups excluding carboxylic acids is 2. The predicted octanol–water partition coefficient (Wildman–Crippen LogP) is 3.68. The van der Waals surface area contributed by atoms with Crippen molar-refractivity contribution in [1.82, 2.24) is 0 Å². The molecule has 0 saturated carbocycles. The van der Waals surface area contributed by atoms with Crippen LogP contribution in [-0.4, -0.2) is 18.5 Å². The maximum atomic E-state index is 11.8. The minimum atomic E-state index is -0.668. The Morgan fingerprint density at radius 1 is 1.13 bits per heavy atom. The highest BCUT2D eigenvalue weighted by Gasteiger charge is 2.12. The number of anilines is 2. The lowest BCUT2D eigenvalue weighted by atomic mass is 10.2. The van der Waals surface area contributed by atoms with E-state index in [1.165, 1.54) is 18.2 Å². The molecule has 7 heteroatoms. The van der Waals surface area contributed by atoms with Gasteiger partial charge in [-0.25, -0.2) is 4.79 Å². The number of rotatable bonds is 4. The van der Waals surface area contributed by atoms with Crippen LogP contribution >= 0.6 is 23.2 Å². The minimum absolute atomic E-state index is 0.216. The van der Waals surface area contributed by atoms with Gasteiger partial charge in [-0.3, -0.25) is 4.79 Å². The van der Waals surface area contributed by atoms with E-state index in [2.05, 4.69) is 5.32 Å². The van der Waals surface area contributed by atoms with Crippen LogP contribution in [0.5, 0.6) is 0 Å². The number of benzene rings is 2. The molecule has 0 spiro atoms. The molecule has 120 valence electrons. The molecule has 23 heavy (non-hydrogen) atoms. The van der Waals surface area contributed by atoms with Gasteiger partial charge in [-0.15, -0.1) is 0 Å². The Labute approximate surface area is 143 Å². The largest absolute Gasteiger partial charge is 0.452 e. The summed E-state index contributed by atoms with van der Waals surface area (Å²) in [5.74, 6) is -1.16. The number of esters is 1. The van der Waals surface area contributed by atoms with Crippen LogP contribution < -0.4 is 11.1 Å². The van der Waals surface area contributed by atoms with Gasteiger partial charge >= 0.3 is 5.97 Å². The molecule has 2 aromatic rings. The first kappa shape index (κ1) is 17.1. The molecule has 0 fully saturated rings. The average molecular weight is 353 g/mol. The van der Waals surface area contributed by atoms with E-state index in [9.17, 15) is 9.59 Å². The van der Waals surface area contributed by atoms with E-state index in [0.717, 1.165) is 5.56 Å². The van der Waals surface area contributed by atoms with E-state index in [1.807, 2.05) is 13.0 Å². The summed E-state index contributed by atoms with van der Waals surface area (Å²) in [4.78, 5) is 23.7. The molecule has 0 aromatic heterocycles. The van der Waals surface area contributed by atoms with Crippen molar-refractivity contribution in [2.75, 3.05) is 17.7 Å². The third kappa shape index (κ3) is 4.61. The highest BCUT2D eigenvalue weighted by atomic mass is 35.5. The minimum Gasteiger partial charge on any atom is -0.452 e. The number of aryl methyl sites for hydroxylation is 1. The van der Waals surface area contributed by atoms with Crippen LogP contribution in [-0.2, 0) is 9.53 Å². The molecular formula is C16H14Cl2N2O3. The normalized spacial score (nSPS) is 10.2. The lowest BCUT2D eigenvalue weighted by Crippen LogP contribution is -2.21. The van der Waals surface area contributed by atoms with Crippen molar-refractivity contribution in [3.8, 4) is 0 Å². The Morgan fingerprint density at radius 2 is 1.87 bits per heavy atom. The van der Waals surface area contributed by atoms with Crippen molar-refractivity contribution in [2.24, 2.45) is 0 Å². The molecule has 0 bridgehead atoms. The molecule has 2 aromatic carbocycles. The molecule has 3 N–H and O–H groups in total. The fourth-order valence-electron chi connectivity index (χ4n) is 1.79. The van der Waals surface area contributed by atoms with Crippen molar-refractivity contribution in [3.63, 3.8) is 0 Å². The number of amides is 1. The second kappa shape index (κ2) is 7.35. The van der Waals surface area contributed by atoms with E-state index in [1.54, 1.807) is 12.1 Å². The zero-order chi connectivity index (χ0) is 17.0. The fraction of sp³-hybridized carbons (Fsp3) is 0.125. The van der Waals surface area contributed by atoms with Crippen molar-refractivity contribution >= 4 is 46.5 Å². The molecular weight excluding hydrogens is 339 g/mol. The van der Waals surface area contributed by atoms with Crippen molar-refractivity contribution in [1.29, 1.82) is 0 Å². The summed E-state index contributed by atoms with van der Waals surface area (Å²) in [5.41, 5.74) is 7.51. The average Bonchev–Trinajstić information content (AvgIpc) is 2.50. The maximum absolute atomic E-state index is 11.8. The Kier molecular flexibility index (Phi) is 5.47. The summed E-state index contributed by atoms with van der Waals surface area (Å²) in [7, 11) is 0. The Morgan fingerprint density at radius 3 is 2.52 bits per heavy atom. The Hall–Kier alpha value is -2.24. The van der Waals surface area contributed by atoms with Gasteiger partial charge in [-0.05, 0) is 42.8 Å². The fourth-order valence-corrected chi connectivity index (χ4v) is 2.19. The zero-order valence-corrected chi connectivity index (χ0v) is 13.7. The second-order valence-corrected chi connectivity index (χ2v) is 5.66. The molecule has 1 amide bonds. The maximum Gasteiger partial charge on any atom is 0.338 e. The van der Waals surface area contributed by atoms with E-state index in [4.69, 9.17) is 33.7 Å². The van der Waals surface area contributed by atoms with Crippen LogP contribution in [0.2, 0.25) is 10.0 Å². The summed E-state index contributed by atoms with van der Waals surface area (Å²) < 4.78 is 4.93. The summed E-state index contributed by atoms with van der Waals surface area (Å²) in [6, 6.07) is 9.55. The Bertz CT molecular complexity index is 763. The van der Waals surface area contributed by atoms with Gasteiger partial charge in [0.1, 0.15) is 0 Å². The predicted molar refractivity (Wildman–Crippen MR) is 91.0 cm³/mol. The molecule has 0 atom stereocenters. The monoisotopic (exact) mass is 352 g/mol. The van der Waals surface area contributed by atoms with Crippen molar-refractivity contribution in [2.45, 2.75) is 6.92 Å². The van der Waals surface area contributed by atoms with E-state index >= 15 is 0 Å². The van der Waals surface area contributed by atoms with Gasteiger partial charge < -0.3 is 15.8 Å². The van der Waals surface area contributed by atoms with Crippen LogP contribution in [0.15, 0.2) is 36.4 Å². The quantitative estimate of drug-likeness (QED) is 0.649. The standard InChI is InChI=1S/C16H14Cl2N2O3/c1-9-2-5-14(12(18)6-9)20-15(21)8-23-16(22)10-3-4-11(17)13(19)7-10/h2-7H,8,19H2,1H3,(H,20,21). The molecule has 2 rings (SSSR count). The second-order valence-electron chi connectivity index (χ2n) is 4.84. The molecule has 0 aliphatic carbocycles. The third-order valence-electron chi connectivity index (χ3n) is 2.96. The van der Waals surface area contributed by atoms with Gasteiger partial charge in [-0.1, -0.05) is 29.3 Å². The van der Waals surface area contributed by atoms with Gasteiger partial charge in [0.2, 0.25) is 0 Å². The molecule has 0 radical (unpaired) electrons. The van der Waals surface area contributed by atoms with Crippen molar-refractivity contribution < 1.29 is 14.3 Å². The number of nitrogens with two attached hydrogens (primary N) is 1.